The van der Waals surface area contributed by atoms with Crippen molar-refractivity contribution in [1.29, 1.82) is 5.26 Å². The van der Waals surface area contributed by atoms with E-state index in [0.29, 0.717) is 31.2 Å². The van der Waals surface area contributed by atoms with Crippen LogP contribution in [0.3, 0.4) is 0 Å². The number of ether oxygens (including phenoxy) is 2. The highest BCUT2D eigenvalue weighted by Gasteiger charge is 2.40. The third-order valence-electron chi connectivity index (χ3n) is 4.85. The van der Waals surface area contributed by atoms with Crippen LogP contribution in [0.4, 0.5) is 0 Å². The van der Waals surface area contributed by atoms with Gasteiger partial charge >= 0.3 is 0 Å². The minimum atomic E-state index is -0.0565. The van der Waals surface area contributed by atoms with E-state index in [1.165, 1.54) is 6.20 Å². The van der Waals surface area contributed by atoms with Gasteiger partial charge in [-0.1, -0.05) is 6.42 Å². The van der Waals surface area contributed by atoms with Gasteiger partial charge in [-0.2, -0.15) is 5.26 Å². The molecule has 23 heavy (non-hydrogen) atoms. The van der Waals surface area contributed by atoms with Crippen LogP contribution in [0.1, 0.15) is 35.3 Å². The minimum Gasteiger partial charge on any atom is -0.381 e. The second kappa shape index (κ2) is 7.07. The average molecular weight is 315 g/mol. The lowest BCUT2D eigenvalue weighted by molar-refractivity contribution is -0.0460. The van der Waals surface area contributed by atoms with Gasteiger partial charge in [-0.25, -0.2) is 4.98 Å². The number of hydrogen-bond acceptors (Lipinski definition) is 5. The molecule has 1 aliphatic heterocycles. The van der Waals surface area contributed by atoms with E-state index in [1.807, 2.05) is 11.0 Å². The van der Waals surface area contributed by atoms with Gasteiger partial charge in [-0.05, 0) is 25.0 Å². The predicted octanol–water partition coefficient (Wildman–Crippen LogP) is 1.61. The van der Waals surface area contributed by atoms with Crippen LogP contribution in [0, 0.1) is 17.2 Å². The number of pyridine rings is 1. The normalized spacial score (nSPS) is 27.7. The summed E-state index contributed by atoms with van der Waals surface area (Å²) >= 11 is 0. The van der Waals surface area contributed by atoms with Gasteiger partial charge in [0.15, 0.2) is 0 Å². The van der Waals surface area contributed by atoms with Gasteiger partial charge in [0.1, 0.15) is 11.8 Å². The van der Waals surface area contributed by atoms with E-state index in [9.17, 15) is 4.79 Å². The molecule has 1 saturated carbocycles. The molecule has 1 amide bonds. The second-order valence-corrected chi connectivity index (χ2v) is 6.05. The number of aromatic nitrogens is 1. The summed E-state index contributed by atoms with van der Waals surface area (Å²) in [4.78, 5) is 18.7. The molecule has 2 fully saturated rings. The van der Waals surface area contributed by atoms with Gasteiger partial charge < -0.3 is 14.4 Å². The van der Waals surface area contributed by atoms with Gasteiger partial charge in [0, 0.05) is 31.3 Å². The standard InChI is InChI=1S/C17H21N3O3/c1-22-16-4-2-3-14(16)15-11-23-8-7-20(15)17(21)12-5-6-19-13(9-12)10-18/h5-6,9,14-16H,2-4,7-8,11H2,1H3. The number of carbonyl (C=O) groups is 1. The predicted molar refractivity (Wildman–Crippen MR) is 82.7 cm³/mol. The van der Waals surface area contributed by atoms with E-state index < -0.39 is 0 Å². The SMILES string of the molecule is COC1CCCC1C1COCCN1C(=O)c1ccnc(C#N)c1. The van der Waals surface area contributed by atoms with Crippen LogP contribution in [0.2, 0.25) is 0 Å². The third kappa shape index (κ3) is 3.21. The Balaban J connectivity index is 1.83. The van der Waals surface area contributed by atoms with Crippen LogP contribution < -0.4 is 0 Å². The number of morpholine rings is 1. The maximum Gasteiger partial charge on any atom is 0.254 e. The highest BCUT2D eigenvalue weighted by molar-refractivity contribution is 5.94. The molecule has 1 aromatic heterocycles. The summed E-state index contributed by atoms with van der Waals surface area (Å²) in [5.41, 5.74) is 0.770. The fraction of sp³-hybridized carbons (Fsp3) is 0.588. The molecule has 0 spiro atoms. The van der Waals surface area contributed by atoms with Gasteiger partial charge in [0.25, 0.3) is 5.91 Å². The zero-order chi connectivity index (χ0) is 16.2. The van der Waals surface area contributed by atoms with Crippen molar-refractivity contribution in [3.8, 4) is 6.07 Å². The van der Waals surface area contributed by atoms with Crippen molar-refractivity contribution >= 4 is 5.91 Å². The first-order valence-corrected chi connectivity index (χ1v) is 8.02. The number of nitrogens with zero attached hydrogens (tertiary/aromatic N) is 3. The molecule has 1 aliphatic carbocycles. The molecule has 3 atom stereocenters. The number of rotatable bonds is 3. The highest BCUT2D eigenvalue weighted by Crippen LogP contribution is 2.34. The number of nitriles is 1. The molecule has 122 valence electrons. The summed E-state index contributed by atoms with van der Waals surface area (Å²) in [7, 11) is 1.74. The summed E-state index contributed by atoms with van der Waals surface area (Å²) in [5, 5.41) is 8.97. The third-order valence-corrected chi connectivity index (χ3v) is 4.85. The average Bonchev–Trinajstić information content (AvgIpc) is 3.09. The molecule has 0 bridgehead atoms. The molecule has 1 aromatic rings. The van der Waals surface area contributed by atoms with Crippen molar-refractivity contribution in [3.05, 3.63) is 29.6 Å². The molecule has 3 unspecified atom stereocenters. The Hall–Kier alpha value is -1.97. The zero-order valence-corrected chi connectivity index (χ0v) is 13.3. The maximum absolute atomic E-state index is 12.9. The summed E-state index contributed by atoms with van der Waals surface area (Å²) in [6, 6.07) is 5.23. The maximum atomic E-state index is 12.9. The monoisotopic (exact) mass is 315 g/mol. The molecule has 6 nitrogen and oxygen atoms in total. The van der Waals surface area contributed by atoms with Crippen molar-refractivity contribution in [2.45, 2.75) is 31.4 Å². The molecular formula is C17H21N3O3. The first-order valence-electron chi connectivity index (χ1n) is 8.02. The van der Waals surface area contributed by atoms with Gasteiger partial charge in [-0.3, -0.25) is 4.79 Å². The quantitative estimate of drug-likeness (QED) is 0.847. The Bertz CT molecular complexity index is 613. The van der Waals surface area contributed by atoms with E-state index in [4.69, 9.17) is 14.7 Å². The Morgan fingerprint density at radius 3 is 3.17 bits per heavy atom. The summed E-state index contributed by atoms with van der Waals surface area (Å²) in [6.07, 6.45) is 4.90. The van der Waals surface area contributed by atoms with Crippen molar-refractivity contribution in [2.24, 2.45) is 5.92 Å². The largest absolute Gasteiger partial charge is 0.381 e. The molecule has 0 aromatic carbocycles. The number of amides is 1. The van der Waals surface area contributed by atoms with Gasteiger partial charge in [0.05, 0.1) is 25.4 Å². The van der Waals surface area contributed by atoms with Gasteiger partial charge in [-0.15, -0.1) is 0 Å². The van der Waals surface area contributed by atoms with E-state index in [1.54, 1.807) is 19.2 Å². The summed E-state index contributed by atoms with van der Waals surface area (Å²) in [6.45, 7) is 1.66. The molecule has 2 aliphatic rings. The lowest BCUT2D eigenvalue weighted by Crippen LogP contribution is -2.53. The second-order valence-electron chi connectivity index (χ2n) is 6.05. The van der Waals surface area contributed by atoms with E-state index in [2.05, 4.69) is 4.98 Å². The van der Waals surface area contributed by atoms with Crippen molar-refractivity contribution in [1.82, 2.24) is 9.88 Å². The fourth-order valence-electron chi connectivity index (χ4n) is 3.71. The zero-order valence-electron chi connectivity index (χ0n) is 13.3. The van der Waals surface area contributed by atoms with Crippen LogP contribution in [0.15, 0.2) is 18.3 Å². The Morgan fingerprint density at radius 1 is 1.52 bits per heavy atom. The van der Waals surface area contributed by atoms with Crippen LogP contribution in [-0.2, 0) is 9.47 Å². The Kier molecular flexibility index (Phi) is 4.89. The van der Waals surface area contributed by atoms with Crippen LogP contribution in [-0.4, -0.2) is 54.8 Å². The van der Waals surface area contributed by atoms with Crippen molar-refractivity contribution < 1.29 is 14.3 Å². The first-order chi connectivity index (χ1) is 11.2. The minimum absolute atomic E-state index is 0.0300. The molecule has 6 heteroatoms. The van der Waals surface area contributed by atoms with E-state index in [0.717, 1.165) is 19.3 Å². The van der Waals surface area contributed by atoms with Crippen LogP contribution in [0.5, 0.6) is 0 Å². The topological polar surface area (TPSA) is 75.5 Å². The number of carbonyl (C=O) groups excluding carboxylic acids is 1. The van der Waals surface area contributed by atoms with Crippen LogP contribution >= 0.6 is 0 Å². The molecule has 1 saturated heterocycles. The van der Waals surface area contributed by atoms with Crippen molar-refractivity contribution in [2.75, 3.05) is 26.9 Å². The fourth-order valence-corrected chi connectivity index (χ4v) is 3.71. The van der Waals surface area contributed by atoms with Crippen molar-refractivity contribution in [3.63, 3.8) is 0 Å². The molecular weight excluding hydrogens is 294 g/mol. The molecule has 0 N–H and O–H groups in total. The highest BCUT2D eigenvalue weighted by atomic mass is 16.5. The molecule has 0 radical (unpaired) electrons. The van der Waals surface area contributed by atoms with E-state index >= 15 is 0 Å². The van der Waals surface area contributed by atoms with E-state index in [-0.39, 0.29) is 23.7 Å². The first kappa shape index (κ1) is 15.9. The number of hydrogen-bond donors (Lipinski definition) is 0. The van der Waals surface area contributed by atoms with Gasteiger partial charge in [0.2, 0.25) is 0 Å². The summed E-state index contributed by atoms with van der Waals surface area (Å²) in [5.74, 6) is 0.250. The Morgan fingerprint density at radius 2 is 2.39 bits per heavy atom. The Labute approximate surface area is 136 Å². The number of methoxy groups -OCH3 is 1. The molecule has 2 heterocycles. The van der Waals surface area contributed by atoms with Crippen LogP contribution in [0.25, 0.3) is 0 Å². The molecule has 3 rings (SSSR count). The smallest absolute Gasteiger partial charge is 0.254 e. The lowest BCUT2D eigenvalue weighted by atomic mass is 9.93. The summed E-state index contributed by atoms with van der Waals surface area (Å²) < 4.78 is 11.2. The lowest BCUT2D eigenvalue weighted by Gasteiger charge is -2.40.